The van der Waals surface area contributed by atoms with Crippen LogP contribution >= 0.6 is 11.6 Å². The Labute approximate surface area is 153 Å². The maximum absolute atomic E-state index is 12.0. The van der Waals surface area contributed by atoms with Crippen molar-refractivity contribution in [2.45, 2.75) is 23.2 Å². The number of sulfone groups is 1. The molecule has 1 N–H and O–H groups in total. The highest BCUT2D eigenvalue weighted by atomic mass is 35.5. The number of nitrogens with zero attached hydrogens (tertiary/aromatic N) is 1. The third-order valence-corrected chi connectivity index (χ3v) is 6.01. The Morgan fingerprint density at radius 2 is 2.00 bits per heavy atom. The van der Waals surface area contributed by atoms with E-state index in [1.165, 1.54) is 6.26 Å². The first-order valence-corrected chi connectivity index (χ1v) is 10.4. The zero-order chi connectivity index (χ0) is 17.9. The van der Waals surface area contributed by atoms with Gasteiger partial charge >= 0.3 is 0 Å². The van der Waals surface area contributed by atoms with Gasteiger partial charge in [0.2, 0.25) is 0 Å². The number of hydrogen-bond donors (Lipinski definition) is 1. The predicted molar refractivity (Wildman–Crippen MR) is 99.0 cm³/mol. The molecule has 5 nitrogen and oxygen atoms in total. The number of aromatic nitrogens is 1. The van der Waals surface area contributed by atoms with Gasteiger partial charge in [-0.25, -0.2) is 13.4 Å². The van der Waals surface area contributed by atoms with E-state index in [4.69, 9.17) is 16.3 Å². The molecule has 0 amide bonds. The first-order valence-electron chi connectivity index (χ1n) is 8.13. The van der Waals surface area contributed by atoms with Crippen molar-refractivity contribution >= 4 is 27.3 Å². The standard InChI is InChI=1S/C18H21ClN2O3S/c1-25(22,23)16-6-3-9-20-17(16)21-13-18(7-10-24-11-8-18)14-4-2-5-15(19)12-14/h2-6,9,12H,7-8,10-11,13H2,1H3,(H,20,21). The molecule has 1 aliphatic rings. The minimum absolute atomic E-state index is 0.171. The van der Waals surface area contributed by atoms with Crippen molar-refractivity contribution in [2.24, 2.45) is 0 Å². The van der Waals surface area contributed by atoms with Gasteiger partial charge in [-0.3, -0.25) is 0 Å². The van der Waals surface area contributed by atoms with Crippen LogP contribution in [-0.4, -0.2) is 39.4 Å². The van der Waals surface area contributed by atoms with Crippen LogP contribution < -0.4 is 5.32 Å². The number of pyridine rings is 1. The third kappa shape index (κ3) is 4.14. The Kier molecular flexibility index (Phi) is 5.32. The Bertz CT molecular complexity index is 849. The fourth-order valence-electron chi connectivity index (χ4n) is 3.22. The molecule has 0 bridgehead atoms. The average molecular weight is 381 g/mol. The second-order valence-electron chi connectivity index (χ2n) is 6.38. The summed E-state index contributed by atoms with van der Waals surface area (Å²) in [5.74, 6) is 0.387. The molecule has 1 aromatic heterocycles. The summed E-state index contributed by atoms with van der Waals surface area (Å²) in [5, 5.41) is 3.95. The summed E-state index contributed by atoms with van der Waals surface area (Å²) in [6, 6.07) is 11.0. The van der Waals surface area contributed by atoms with Gasteiger partial charge in [-0.2, -0.15) is 0 Å². The number of ether oxygens (including phenoxy) is 1. The predicted octanol–water partition coefficient (Wildman–Crippen LogP) is 3.30. The van der Waals surface area contributed by atoms with E-state index in [0.29, 0.717) is 30.6 Å². The van der Waals surface area contributed by atoms with Gasteiger partial charge in [0.1, 0.15) is 10.7 Å². The Hall–Kier alpha value is -1.63. The van der Waals surface area contributed by atoms with E-state index in [1.54, 1.807) is 18.3 Å². The van der Waals surface area contributed by atoms with Crippen molar-refractivity contribution < 1.29 is 13.2 Å². The van der Waals surface area contributed by atoms with E-state index in [0.717, 1.165) is 18.4 Å². The van der Waals surface area contributed by atoms with Crippen molar-refractivity contribution in [2.75, 3.05) is 31.3 Å². The van der Waals surface area contributed by atoms with Crippen LogP contribution in [0.15, 0.2) is 47.5 Å². The number of hydrogen-bond acceptors (Lipinski definition) is 5. The molecule has 25 heavy (non-hydrogen) atoms. The van der Waals surface area contributed by atoms with Crippen LogP contribution in [0.25, 0.3) is 0 Å². The van der Waals surface area contributed by atoms with Gasteiger partial charge in [0, 0.05) is 42.6 Å². The molecular weight excluding hydrogens is 360 g/mol. The first kappa shape index (κ1) is 18.2. The Balaban J connectivity index is 1.91. The molecule has 1 saturated heterocycles. The molecule has 1 aliphatic heterocycles. The minimum atomic E-state index is -3.35. The number of rotatable bonds is 5. The lowest BCUT2D eigenvalue weighted by Gasteiger charge is -2.38. The molecule has 3 rings (SSSR count). The summed E-state index contributed by atoms with van der Waals surface area (Å²) >= 11 is 6.18. The topological polar surface area (TPSA) is 68.3 Å². The number of halogens is 1. The maximum atomic E-state index is 12.0. The van der Waals surface area contributed by atoms with Crippen molar-refractivity contribution in [3.05, 3.63) is 53.2 Å². The molecule has 134 valence electrons. The summed E-state index contributed by atoms with van der Waals surface area (Å²) in [5.41, 5.74) is 0.961. The molecule has 0 saturated carbocycles. The molecule has 0 aliphatic carbocycles. The molecule has 0 unspecified atom stereocenters. The molecule has 0 atom stereocenters. The van der Waals surface area contributed by atoms with Crippen LogP contribution in [-0.2, 0) is 20.0 Å². The number of nitrogens with one attached hydrogen (secondary N) is 1. The fourth-order valence-corrected chi connectivity index (χ4v) is 4.22. The zero-order valence-corrected chi connectivity index (χ0v) is 15.6. The van der Waals surface area contributed by atoms with Gasteiger partial charge in [-0.05, 0) is 42.7 Å². The number of anilines is 1. The summed E-state index contributed by atoms with van der Waals surface area (Å²) in [6.45, 7) is 1.89. The van der Waals surface area contributed by atoms with Gasteiger partial charge in [0.15, 0.2) is 9.84 Å². The average Bonchev–Trinajstić information content (AvgIpc) is 2.60. The van der Waals surface area contributed by atoms with E-state index in [1.807, 2.05) is 18.2 Å². The smallest absolute Gasteiger partial charge is 0.179 e. The van der Waals surface area contributed by atoms with E-state index in [-0.39, 0.29) is 10.3 Å². The quantitative estimate of drug-likeness (QED) is 0.861. The molecule has 2 aromatic rings. The summed E-state index contributed by atoms with van der Waals surface area (Å²) < 4.78 is 29.5. The van der Waals surface area contributed by atoms with Crippen molar-refractivity contribution in [1.29, 1.82) is 0 Å². The second kappa shape index (κ2) is 7.32. The third-order valence-electron chi connectivity index (χ3n) is 4.65. The highest BCUT2D eigenvalue weighted by molar-refractivity contribution is 7.90. The first-order chi connectivity index (χ1) is 11.9. The van der Waals surface area contributed by atoms with E-state index >= 15 is 0 Å². The van der Waals surface area contributed by atoms with Gasteiger partial charge in [-0.1, -0.05) is 23.7 Å². The summed E-state index contributed by atoms with van der Waals surface area (Å²) in [7, 11) is -3.35. The molecule has 7 heteroatoms. The van der Waals surface area contributed by atoms with Crippen LogP contribution in [0, 0.1) is 0 Å². The molecule has 1 aromatic carbocycles. The normalized spacial score (nSPS) is 17.2. The lowest BCUT2D eigenvalue weighted by atomic mass is 9.74. The van der Waals surface area contributed by atoms with Gasteiger partial charge in [0.05, 0.1) is 0 Å². The van der Waals surface area contributed by atoms with Crippen molar-refractivity contribution in [1.82, 2.24) is 4.98 Å². The van der Waals surface area contributed by atoms with Crippen molar-refractivity contribution in [3.63, 3.8) is 0 Å². The van der Waals surface area contributed by atoms with Gasteiger partial charge in [0.25, 0.3) is 0 Å². The van der Waals surface area contributed by atoms with Crippen LogP contribution in [0.1, 0.15) is 18.4 Å². The Morgan fingerprint density at radius 1 is 1.24 bits per heavy atom. The highest BCUT2D eigenvalue weighted by Gasteiger charge is 2.35. The number of benzene rings is 1. The molecular formula is C18H21ClN2O3S. The van der Waals surface area contributed by atoms with Crippen LogP contribution in [0.4, 0.5) is 5.82 Å². The molecule has 0 radical (unpaired) electrons. The lowest BCUT2D eigenvalue weighted by Crippen LogP contribution is -2.40. The van der Waals surface area contributed by atoms with E-state index in [9.17, 15) is 8.42 Å². The SMILES string of the molecule is CS(=O)(=O)c1cccnc1NCC1(c2cccc(Cl)c2)CCOCC1. The van der Waals surface area contributed by atoms with Gasteiger partial charge in [-0.15, -0.1) is 0 Å². The fraction of sp³-hybridized carbons (Fsp3) is 0.389. The lowest BCUT2D eigenvalue weighted by molar-refractivity contribution is 0.0543. The monoisotopic (exact) mass is 380 g/mol. The largest absolute Gasteiger partial charge is 0.381 e. The van der Waals surface area contributed by atoms with Crippen molar-refractivity contribution in [3.8, 4) is 0 Å². The summed E-state index contributed by atoms with van der Waals surface area (Å²) in [4.78, 5) is 4.44. The van der Waals surface area contributed by atoms with Crippen LogP contribution in [0.3, 0.4) is 0 Å². The summed E-state index contributed by atoms with van der Waals surface area (Å²) in [6.07, 6.45) is 4.45. The van der Waals surface area contributed by atoms with E-state index < -0.39 is 9.84 Å². The zero-order valence-electron chi connectivity index (χ0n) is 14.0. The minimum Gasteiger partial charge on any atom is -0.381 e. The molecule has 0 spiro atoms. The molecule has 1 fully saturated rings. The van der Waals surface area contributed by atoms with Crippen LogP contribution in [0.2, 0.25) is 5.02 Å². The highest BCUT2D eigenvalue weighted by Crippen LogP contribution is 2.36. The van der Waals surface area contributed by atoms with Gasteiger partial charge < -0.3 is 10.1 Å². The molecule has 2 heterocycles. The maximum Gasteiger partial charge on any atom is 0.179 e. The van der Waals surface area contributed by atoms with Crippen LogP contribution in [0.5, 0.6) is 0 Å². The Morgan fingerprint density at radius 3 is 2.68 bits per heavy atom. The second-order valence-corrected chi connectivity index (χ2v) is 8.80. The van der Waals surface area contributed by atoms with E-state index in [2.05, 4.69) is 16.4 Å².